The van der Waals surface area contributed by atoms with Gasteiger partial charge >= 0.3 is 7.12 Å². The normalized spacial score (nSPS) is 17.8. The maximum atomic E-state index is 12.6. The Balaban J connectivity index is 1.80. The fourth-order valence-electron chi connectivity index (χ4n) is 3.81. The largest absolute Gasteiger partial charge is 0.494 e. The van der Waals surface area contributed by atoms with Crippen LogP contribution in [0.1, 0.15) is 40.2 Å². The van der Waals surface area contributed by atoms with Crippen molar-refractivity contribution in [2.24, 2.45) is 0 Å². The molecule has 0 spiro atoms. The number of hydrogen-bond donors (Lipinski definition) is 0. The van der Waals surface area contributed by atoms with Crippen molar-refractivity contribution in [1.29, 1.82) is 0 Å². The van der Waals surface area contributed by atoms with Crippen molar-refractivity contribution in [2.45, 2.75) is 59.3 Å². The van der Waals surface area contributed by atoms with Crippen molar-refractivity contribution >= 4 is 23.5 Å². The highest BCUT2D eigenvalue weighted by Crippen LogP contribution is 2.36. The van der Waals surface area contributed by atoms with E-state index in [-0.39, 0.29) is 16.8 Å². The molecule has 2 aromatic carbocycles. The first-order chi connectivity index (χ1) is 13.6. The summed E-state index contributed by atoms with van der Waals surface area (Å²) in [5.74, 6) is 0.689. The minimum Gasteiger partial charge on any atom is -0.399 e. The van der Waals surface area contributed by atoms with Gasteiger partial charge in [0.15, 0.2) is 0 Å². The summed E-state index contributed by atoms with van der Waals surface area (Å²) in [4.78, 5) is 17.0. The van der Waals surface area contributed by atoms with E-state index in [0.717, 1.165) is 28.7 Å². The topological polar surface area (TPSA) is 53.4 Å². The second-order valence-electron chi connectivity index (χ2n) is 8.66. The van der Waals surface area contributed by atoms with Crippen LogP contribution in [0.3, 0.4) is 0 Å². The molecule has 0 N–H and O–H groups in total. The van der Waals surface area contributed by atoms with E-state index >= 15 is 0 Å². The molecule has 1 saturated heterocycles. The smallest absolute Gasteiger partial charge is 0.399 e. The lowest BCUT2D eigenvalue weighted by Gasteiger charge is -2.32. The molecule has 1 aliphatic heterocycles. The fraction of sp³-hybridized carbons (Fsp3) is 0.391. The minimum absolute atomic E-state index is 0.199. The van der Waals surface area contributed by atoms with Crippen LogP contribution in [0.2, 0.25) is 0 Å². The molecule has 3 aromatic rings. The van der Waals surface area contributed by atoms with E-state index in [4.69, 9.17) is 9.31 Å². The van der Waals surface area contributed by atoms with Crippen LogP contribution < -0.4 is 11.0 Å². The Labute approximate surface area is 171 Å². The summed E-state index contributed by atoms with van der Waals surface area (Å²) in [6.45, 7) is 13.0. The predicted molar refractivity (Wildman–Crippen MR) is 118 cm³/mol. The molecule has 0 unspecified atom stereocenters. The van der Waals surface area contributed by atoms with Crippen LogP contribution in [0.25, 0.3) is 22.3 Å². The molecule has 0 atom stereocenters. The molecule has 0 bridgehead atoms. The van der Waals surface area contributed by atoms with Gasteiger partial charge in [-0.3, -0.25) is 4.79 Å². The highest BCUT2D eigenvalue weighted by Gasteiger charge is 2.51. The summed E-state index contributed by atoms with van der Waals surface area (Å²) in [7, 11) is -0.411. The summed E-state index contributed by atoms with van der Waals surface area (Å²) in [5.41, 5.74) is 2.88. The van der Waals surface area contributed by atoms with Gasteiger partial charge in [0.2, 0.25) is 0 Å². The minimum atomic E-state index is -0.411. The Morgan fingerprint density at radius 3 is 2.31 bits per heavy atom. The molecule has 6 heteroatoms. The molecule has 1 aliphatic rings. The van der Waals surface area contributed by atoms with Gasteiger partial charge in [0, 0.05) is 12.1 Å². The molecular formula is C23H27BN2O3. The highest BCUT2D eigenvalue weighted by molar-refractivity contribution is 6.62. The molecule has 4 rings (SSSR count). The van der Waals surface area contributed by atoms with Crippen LogP contribution >= 0.6 is 0 Å². The number of nitrogens with zero attached hydrogens (tertiary/aromatic N) is 2. The van der Waals surface area contributed by atoms with Crippen LogP contribution in [-0.4, -0.2) is 27.9 Å². The first kappa shape index (κ1) is 19.9. The van der Waals surface area contributed by atoms with Gasteiger partial charge in [-0.05, 0) is 64.7 Å². The van der Waals surface area contributed by atoms with E-state index in [9.17, 15) is 4.79 Å². The quantitative estimate of drug-likeness (QED) is 0.640. The standard InChI is InChI=1S/C23H27BN2O3/c1-7-26-19-11-9-8-10-18(19)21(27)25-20(26)17-13-12-16(14-15(17)2)24-28-22(3,4)23(5,6)29-24/h8-14H,7H2,1-6H3. The molecule has 0 aliphatic carbocycles. The number of aryl methyl sites for hydroxylation is 2. The molecule has 1 fully saturated rings. The summed E-state index contributed by atoms with van der Waals surface area (Å²) in [6.07, 6.45) is 0. The lowest BCUT2D eigenvalue weighted by Crippen LogP contribution is -2.41. The lowest BCUT2D eigenvalue weighted by atomic mass is 9.78. The third-order valence-electron chi connectivity index (χ3n) is 6.22. The molecule has 0 saturated carbocycles. The van der Waals surface area contributed by atoms with E-state index in [1.54, 1.807) is 0 Å². The summed E-state index contributed by atoms with van der Waals surface area (Å²) >= 11 is 0. The van der Waals surface area contributed by atoms with Crippen molar-refractivity contribution in [2.75, 3.05) is 0 Å². The van der Waals surface area contributed by atoms with Gasteiger partial charge in [-0.25, -0.2) is 0 Å². The van der Waals surface area contributed by atoms with Crippen molar-refractivity contribution in [3.63, 3.8) is 0 Å². The Bertz CT molecular complexity index is 1130. The van der Waals surface area contributed by atoms with Crippen LogP contribution in [-0.2, 0) is 15.9 Å². The van der Waals surface area contributed by atoms with Crippen LogP contribution in [0.15, 0.2) is 47.3 Å². The zero-order valence-corrected chi connectivity index (χ0v) is 17.9. The highest BCUT2D eigenvalue weighted by atomic mass is 16.7. The van der Waals surface area contributed by atoms with E-state index < -0.39 is 7.12 Å². The zero-order chi connectivity index (χ0) is 21.0. The van der Waals surface area contributed by atoms with Crippen LogP contribution in [0.4, 0.5) is 0 Å². The number of hydrogen-bond acceptors (Lipinski definition) is 4. The average Bonchev–Trinajstić information content (AvgIpc) is 2.89. The van der Waals surface area contributed by atoms with Gasteiger partial charge < -0.3 is 13.9 Å². The first-order valence-corrected chi connectivity index (χ1v) is 10.1. The van der Waals surface area contributed by atoms with Crippen LogP contribution in [0, 0.1) is 6.92 Å². The van der Waals surface area contributed by atoms with Crippen molar-refractivity contribution < 1.29 is 9.31 Å². The third kappa shape index (κ3) is 3.20. The lowest BCUT2D eigenvalue weighted by molar-refractivity contribution is 0.00578. The fourth-order valence-corrected chi connectivity index (χ4v) is 3.81. The van der Waals surface area contributed by atoms with Gasteiger partial charge in [-0.15, -0.1) is 0 Å². The monoisotopic (exact) mass is 390 g/mol. The number of fused-ring (bicyclic) bond motifs is 1. The Kier molecular flexibility index (Phi) is 4.67. The average molecular weight is 390 g/mol. The van der Waals surface area contributed by atoms with Crippen molar-refractivity contribution in [3.8, 4) is 11.4 Å². The maximum absolute atomic E-state index is 12.6. The maximum Gasteiger partial charge on any atom is 0.494 e. The third-order valence-corrected chi connectivity index (χ3v) is 6.22. The van der Waals surface area contributed by atoms with Gasteiger partial charge in [-0.1, -0.05) is 30.3 Å². The van der Waals surface area contributed by atoms with E-state index in [1.807, 2.05) is 71.0 Å². The Morgan fingerprint density at radius 1 is 1.03 bits per heavy atom. The number of benzene rings is 2. The number of aromatic nitrogens is 2. The van der Waals surface area contributed by atoms with E-state index in [2.05, 4.69) is 22.5 Å². The van der Waals surface area contributed by atoms with Gasteiger partial charge in [-0.2, -0.15) is 4.98 Å². The molecule has 5 nitrogen and oxygen atoms in total. The van der Waals surface area contributed by atoms with Gasteiger partial charge in [0.25, 0.3) is 5.56 Å². The molecule has 1 aromatic heterocycles. The van der Waals surface area contributed by atoms with Crippen LogP contribution in [0.5, 0.6) is 0 Å². The zero-order valence-electron chi connectivity index (χ0n) is 17.9. The molecule has 150 valence electrons. The Morgan fingerprint density at radius 2 is 1.69 bits per heavy atom. The second-order valence-corrected chi connectivity index (χ2v) is 8.66. The van der Waals surface area contributed by atoms with E-state index in [0.29, 0.717) is 11.2 Å². The molecule has 29 heavy (non-hydrogen) atoms. The molecule has 0 radical (unpaired) electrons. The predicted octanol–water partition coefficient (Wildman–Crippen LogP) is 3.69. The molecule has 2 heterocycles. The summed E-state index contributed by atoms with van der Waals surface area (Å²) in [5, 5.41) is 0.643. The van der Waals surface area contributed by atoms with Crippen molar-refractivity contribution in [3.05, 3.63) is 58.4 Å². The number of rotatable bonds is 3. The second kappa shape index (κ2) is 6.82. The summed E-state index contributed by atoms with van der Waals surface area (Å²) in [6, 6.07) is 13.7. The van der Waals surface area contributed by atoms with E-state index in [1.165, 1.54) is 0 Å². The molecular weight excluding hydrogens is 363 g/mol. The van der Waals surface area contributed by atoms with Crippen molar-refractivity contribution in [1.82, 2.24) is 9.55 Å². The van der Waals surface area contributed by atoms with Gasteiger partial charge in [0.05, 0.1) is 22.1 Å². The first-order valence-electron chi connectivity index (χ1n) is 10.1. The SMILES string of the molecule is CCn1c(-c2ccc(B3OC(C)(C)C(C)(C)O3)cc2C)nc(=O)c2ccccc21. The Hall–Kier alpha value is -2.44. The summed E-state index contributed by atoms with van der Waals surface area (Å²) < 4.78 is 14.4. The van der Waals surface area contributed by atoms with Gasteiger partial charge in [0.1, 0.15) is 5.82 Å². The number of para-hydroxylation sites is 1. The molecule has 0 amide bonds.